The number of aliphatic carboxylic acids is 1. The van der Waals surface area contributed by atoms with Gasteiger partial charge < -0.3 is 15.2 Å². The number of hydrogen-bond acceptors (Lipinski definition) is 5. The first-order valence-corrected chi connectivity index (χ1v) is 8.69. The molecule has 23 heavy (non-hydrogen) atoms. The summed E-state index contributed by atoms with van der Waals surface area (Å²) in [5.41, 5.74) is 0.249. The largest absolute Gasteiger partial charge is 0.480 e. The first-order chi connectivity index (χ1) is 10.8. The van der Waals surface area contributed by atoms with Crippen LogP contribution in [0.5, 0.6) is 0 Å². The third-order valence-corrected chi connectivity index (χ3v) is 4.33. The number of hydrogen-bond donors (Lipinski definition) is 2. The second-order valence-electron chi connectivity index (χ2n) is 6.78. The minimum Gasteiger partial charge on any atom is -0.480 e. The van der Waals surface area contributed by atoms with Crippen LogP contribution in [0.4, 0.5) is 4.79 Å². The molecule has 6 nitrogen and oxygen atoms in total. The highest BCUT2D eigenvalue weighted by atomic mass is 32.1. The number of carboxylic acids is 1. The lowest BCUT2D eigenvalue weighted by Gasteiger charge is -2.36. The van der Waals surface area contributed by atoms with Gasteiger partial charge in [-0.3, -0.25) is 9.69 Å². The van der Waals surface area contributed by atoms with Crippen LogP contribution < -0.4 is 5.32 Å². The maximum Gasteiger partial charge on any atom is 0.407 e. The molecule has 1 aliphatic heterocycles. The molecule has 2 atom stereocenters. The summed E-state index contributed by atoms with van der Waals surface area (Å²) in [6.07, 6.45) is 1.21. The molecule has 128 valence electrons. The van der Waals surface area contributed by atoms with E-state index in [9.17, 15) is 14.7 Å². The van der Waals surface area contributed by atoms with Gasteiger partial charge in [0.1, 0.15) is 11.6 Å². The zero-order valence-corrected chi connectivity index (χ0v) is 14.6. The van der Waals surface area contributed by atoms with Crippen molar-refractivity contribution in [2.75, 3.05) is 13.1 Å². The molecule has 1 amide bonds. The van der Waals surface area contributed by atoms with Crippen LogP contribution in [0, 0.1) is 0 Å². The van der Waals surface area contributed by atoms with Crippen molar-refractivity contribution >= 4 is 23.4 Å². The number of piperidine rings is 1. The van der Waals surface area contributed by atoms with Crippen LogP contribution in [-0.2, 0) is 9.53 Å². The van der Waals surface area contributed by atoms with Crippen LogP contribution >= 0.6 is 11.3 Å². The van der Waals surface area contributed by atoms with Gasteiger partial charge in [0.25, 0.3) is 0 Å². The Balaban J connectivity index is 1.99. The monoisotopic (exact) mass is 340 g/mol. The fourth-order valence-electron chi connectivity index (χ4n) is 2.77. The fourth-order valence-corrected chi connectivity index (χ4v) is 3.45. The molecule has 0 bridgehead atoms. The minimum absolute atomic E-state index is 0.0981. The number of thiophene rings is 1. The smallest absolute Gasteiger partial charge is 0.407 e. The van der Waals surface area contributed by atoms with Gasteiger partial charge >= 0.3 is 12.1 Å². The summed E-state index contributed by atoms with van der Waals surface area (Å²) in [7, 11) is 0. The Labute approximate surface area is 140 Å². The molecule has 1 aromatic rings. The fraction of sp³-hybridized carbons (Fsp3) is 0.625. The molecule has 0 aromatic carbocycles. The van der Waals surface area contributed by atoms with Crippen LogP contribution in [0.3, 0.4) is 0 Å². The molecule has 2 rings (SSSR count). The lowest BCUT2D eigenvalue weighted by Crippen LogP contribution is -2.50. The van der Waals surface area contributed by atoms with Crippen LogP contribution in [-0.4, -0.2) is 46.8 Å². The van der Waals surface area contributed by atoms with E-state index in [-0.39, 0.29) is 6.04 Å². The molecule has 0 aliphatic carbocycles. The molecule has 1 aromatic heterocycles. The maximum absolute atomic E-state index is 11.9. The number of rotatable bonds is 4. The molecular formula is C16H24N2O4S. The summed E-state index contributed by atoms with van der Waals surface area (Å²) >= 11 is 1.49. The van der Waals surface area contributed by atoms with Gasteiger partial charge in [-0.1, -0.05) is 0 Å². The number of ether oxygens (including phenoxy) is 1. The zero-order valence-electron chi connectivity index (χ0n) is 13.7. The third-order valence-electron chi connectivity index (χ3n) is 3.63. The predicted molar refractivity (Wildman–Crippen MR) is 88.7 cm³/mol. The number of carbonyl (C=O) groups excluding carboxylic acids is 1. The van der Waals surface area contributed by atoms with Gasteiger partial charge in [-0.15, -0.1) is 0 Å². The van der Waals surface area contributed by atoms with Crippen molar-refractivity contribution in [3.63, 3.8) is 0 Å². The van der Waals surface area contributed by atoms with Crippen molar-refractivity contribution in [2.45, 2.75) is 51.3 Å². The Hall–Kier alpha value is -1.60. The first-order valence-electron chi connectivity index (χ1n) is 7.75. The lowest BCUT2D eigenvalue weighted by molar-refractivity contribution is -0.144. The number of nitrogens with zero attached hydrogens (tertiary/aromatic N) is 1. The summed E-state index contributed by atoms with van der Waals surface area (Å²) in [4.78, 5) is 25.5. The van der Waals surface area contributed by atoms with Gasteiger partial charge in [-0.25, -0.2) is 4.79 Å². The standard InChI is InChI=1S/C16H24N2O4S/c1-16(2,3)22-15(21)17-12-5-4-7-18(9-12)13(14(19)20)11-6-8-23-10-11/h6,8,10,12-13H,4-5,7,9H2,1-3H3,(H,17,21)(H,19,20)/t12-,13-/m0/s1. The quantitative estimate of drug-likeness (QED) is 0.881. The van der Waals surface area contributed by atoms with Crippen molar-refractivity contribution in [2.24, 2.45) is 0 Å². The van der Waals surface area contributed by atoms with Gasteiger partial charge in [0, 0.05) is 12.6 Å². The van der Waals surface area contributed by atoms with Gasteiger partial charge in [0.05, 0.1) is 0 Å². The molecule has 0 unspecified atom stereocenters. The SMILES string of the molecule is CC(C)(C)OC(=O)N[C@H]1CCCN([C@H](C(=O)O)c2ccsc2)C1. The second kappa shape index (κ2) is 7.31. The highest BCUT2D eigenvalue weighted by molar-refractivity contribution is 7.08. The Morgan fingerprint density at radius 1 is 1.48 bits per heavy atom. The Kier molecular flexibility index (Phi) is 5.64. The highest BCUT2D eigenvalue weighted by Crippen LogP contribution is 2.26. The van der Waals surface area contributed by atoms with Crippen molar-refractivity contribution in [1.82, 2.24) is 10.2 Å². The predicted octanol–water partition coefficient (Wildman–Crippen LogP) is 2.86. The van der Waals surface area contributed by atoms with E-state index in [1.807, 2.05) is 42.5 Å². The Morgan fingerprint density at radius 3 is 2.78 bits per heavy atom. The van der Waals surface area contributed by atoms with Gasteiger partial charge in [-0.2, -0.15) is 11.3 Å². The van der Waals surface area contributed by atoms with Crippen molar-refractivity contribution < 1.29 is 19.4 Å². The van der Waals surface area contributed by atoms with Gasteiger partial charge in [0.15, 0.2) is 0 Å². The summed E-state index contributed by atoms with van der Waals surface area (Å²) in [5.74, 6) is -0.860. The molecular weight excluding hydrogens is 316 g/mol. The molecule has 7 heteroatoms. The molecule has 1 saturated heterocycles. The number of nitrogens with one attached hydrogen (secondary N) is 1. The number of carboxylic acid groups (broad SMARTS) is 1. The van der Waals surface area contributed by atoms with E-state index < -0.39 is 23.7 Å². The van der Waals surface area contributed by atoms with Crippen LogP contribution in [0.2, 0.25) is 0 Å². The Morgan fingerprint density at radius 2 is 2.22 bits per heavy atom. The average molecular weight is 340 g/mol. The molecule has 2 heterocycles. The molecule has 1 fully saturated rings. The minimum atomic E-state index is -0.860. The maximum atomic E-state index is 11.9. The normalized spacial score (nSPS) is 20.7. The molecule has 0 radical (unpaired) electrons. The molecule has 0 spiro atoms. The zero-order chi connectivity index (χ0) is 17.0. The number of amides is 1. The summed E-state index contributed by atoms with van der Waals surface area (Å²) < 4.78 is 5.27. The van der Waals surface area contributed by atoms with E-state index >= 15 is 0 Å². The van der Waals surface area contributed by atoms with Crippen LogP contribution in [0.1, 0.15) is 45.2 Å². The number of carbonyl (C=O) groups is 2. The summed E-state index contributed by atoms with van der Waals surface area (Å²) in [6.45, 7) is 6.66. The van der Waals surface area contributed by atoms with Crippen molar-refractivity contribution in [1.29, 1.82) is 0 Å². The average Bonchev–Trinajstić information content (AvgIpc) is 2.90. The third kappa shape index (κ3) is 5.21. The number of alkyl carbamates (subject to hydrolysis) is 1. The van der Waals surface area contributed by atoms with E-state index in [4.69, 9.17) is 4.74 Å². The van der Waals surface area contributed by atoms with E-state index in [0.717, 1.165) is 18.4 Å². The van der Waals surface area contributed by atoms with E-state index in [2.05, 4.69) is 5.32 Å². The van der Waals surface area contributed by atoms with Crippen LogP contribution in [0.25, 0.3) is 0 Å². The summed E-state index contributed by atoms with van der Waals surface area (Å²) in [6, 6.07) is 1.08. The van der Waals surface area contributed by atoms with Gasteiger partial charge in [0.2, 0.25) is 0 Å². The van der Waals surface area contributed by atoms with Crippen molar-refractivity contribution in [3.8, 4) is 0 Å². The molecule has 1 aliphatic rings. The van der Waals surface area contributed by atoms with Crippen LogP contribution in [0.15, 0.2) is 16.8 Å². The van der Waals surface area contributed by atoms with E-state index in [1.54, 1.807) is 0 Å². The van der Waals surface area contributed by atoms with Crippen molar-refractivity contribution in [3.05, 3.63) is 22.4 Å². The van der Waals surface area contributed by atoms with E-state index in [0.29, 0.717) is 13.1 Å². The van der Waals surface area contributed by atoms with E-state index in [1.165, 1.54) is 11.3 Å². The molecule has 0 saturated carbocycles. The highest BCUT2D eigenvalue weighted by Gasteiger charge is 2.32. The first kappa shape index (κ1) is 17.7. The van der Waals surface area contributed by atoms with Gasteiger partial charge in [-0.05, 0) is 62.5 Å². The summed E-state index contributed by atoms with van der Waals surface area (Å²) in [5, 5.41) is 16.2. The number of likely N-dealkylation sites (tertiary alicyclic amines) is 1. The lowest BCUT2D eigenvalue weighted by atomic mass is 10.0. The Bertz CT molecular complexity index is 539. The molecule has 2 N–H and O–H groups in total. The second-order valence-corrected chi connectivity index (χ2v) is 7.56. The topological polar surface area (TPSA) is 78.9 Å².